The van der Waals surface area contributed by atoms with E-state index >= 15 is 0 Å². The number of alkyl halides is 6. The first-order valence-electron chi connectivity index (χ1n) is 8.98. The summed E-state index contributed by atoms with van der Waals surface area (Å²) in [4.78, 5) is 16.0. The minimum atomic E-state index is -4.69. The first kappa shape index (κ1) is 22.1. The highest BCUT2D eigenvalue weighted by molar-refractivity contribution is 5.87. The Morgan fingerprint density at radius 2 is 1.61 bits per heavy atom. The fraction of sp³-hybridized carbons (Fsp3) is 0.158. The van der Waals surface area contributed by atoms with E-state index in [1.54, 1.807) is 0 Å². The van der Waals surface area contributed by atoms with Gasteiger partial charge in [0.2, 0.25) is 5.88 Å². The number of anilines is 2. The highest BCUT2D eigenvalue weighted by Gasteiger charge is 2.36. The third kappa shape index (κ3) is 4.44. The zero-order valence-corrected chi connectivity index (χ0v) is 16.4. The van der Waals surface area contributed by atoms with Crippen molar-refractivity contribution in [3.63, 3.8) is 0 Å². The summed E-state index contributed by atoms with van der Waals surface area (Å²) in [5, 5.41) is 9.79. The van der Waals surface area contributed by atoms with E-state index in [0.717, 1.165) is 37.7 Å². The van der Waals surface area contributed by atoms with Crippen LogP contribution in [0.15, 0.2) is 42.9 Å². The van der Waals surface area contributed by atoms with Crippen molar-refractivity contribution < 1.29 is 31.1 Å². The molecule has 0 aliphatic carbocycles. The summed E-state index contributed by atoms with van der Waals surface area (Å²) >= 11 is 0. The fourth-order valence-electron chi connectivity index (χ4n) is 2.90. The predicted octanol–water partition coefficient (Wildman–Crippen LogP) is 4.67. The number of methoxy groups -OCH3 is 1. The van der Waals surface area contributed by atoms with E-state index in [4.69, 9.17) is 4.74 Å². The molecule has 0 saturated heterocycles. The van der Waals surface area contributed by atoms with Crippen molar-refractivity contribution >= 4 is 22.7 Å². The van der Waals surface area contributed by atoms with Crippen LogP contribution in [0.5, 0.6) is 5.88 Å². The number of rotatable bonds is 4. The Morgan fingerprint density at radius 3 is 2.30 bits per heavy atom. The number of fused-ring (bicyclic) bond motifs is 1. The minimum Gasteiger partial charge on any atom is -0.481 e. The Bertz CT molecular complexity index is 1330. The van der Waals surface area contributed by atoms with Gasteiger partial charge in [0.15, 0.2) is 5.65 Å². The van der Waals surface area contributed by atoms with Crippen LogP contribution < -0.4 is 10.1 Å². The SMILES string of the molecule is COc1nc(Nc2ccnc3nc(-c4nnccc4C(F)(F)F)cnc23)ccc1C(F)(F)F. The molecule has 1 N–H and O–H groups in total. The van der Waals surface area contributed by atoms with Gasteiger partial charge in [-0.25, -0.2) is 15.0 Å². The van der Waals surface area contributed by atoms with Crippen molar-refractivity contribution in [1.82, 2.24) is 30.1 Å². The lowest BCUT2D eigenvalue weighted by atomic mass is 10.1. The molecule has 0 spiro atoms. The first-order valence-corrected chi connectivity index (χ1v) is 8.98. The predicted molar refractivity (Wildman–Crippen MR) is 102 cm³/mol. The molecule has 4 rings (SSSR count). The molecule has 0 saturated carbocycles. The molecule has 170 valence electrons. The molecule has 14 heteroatoms. The van der Waals surface area contributed by atoms with Crippen LogP contribution in [0.4, 0.5) is 37.8 Å². The zero-order chi connectivity index (χ0) is 23.8. The molecule has 33 heavy (non-hydrogen) atoms. The van der Waals surface area contributed by atoms with Crippen LogP contribution in [-0.2, 0) is 12.4 Å². The monoisotopic (exact) mass is 467 g/mol. The second-order valence-electron chi connectivity index (χ2n) is 6.45. The van der Waals surface area contributed by atoms with Crippen molar-refractivity contribution in [2.24, 2.45) is 0 Å². The number of nitrogens with zero attached hydrogens (tertiary/aromatic N) is 6. The van der Waals surface area contributed by atoms with Gasteiger partial charge in [-0.3, -0.25) is 0 Å². The molecule has 0 aliphatic rings. The molecule has 4 aromatic heterocycles. The number of hydrogen-bond acceptors (Lipinski definition) is 8. The molecule has 4 heterocycles. The largest absolute Gasteiger partial charge is 0.481 e. The van der Waals surface area contributed by atoms with Crippen LogP contribution >= 0.6 is 0 Å². The molecule has 0 unspecified atom stereocenters. The molecular weight excluding hydrogens is 456 g/mol. The quantitative estimate of drug-likeness (QED) is 0.433. The Kier molecular flexibility index (Phi) is 5.43. The number of aromatic nitrogens is 6. The Morgan fingerprint density at radius 1 is 0.848 bits per heavy atom. The molecule has 4 aromatic rings. The van der Waals surface area contributed by atoms with Crippen LogP contribution in [0.25, 0.3) is 22.6 Å². The molecule has 0 bridgehead atoms. The summed E-state index contributed by atoms with van der Waals surface area (Å²) in [6, 6.07) is 4.11. The van der Waals surface area contributed by atoms with Crippen molar-refractivity contribution in [2.45, 2.75) is 12.4 Å². The van der Waals surface area contributed by atoms with Crippen LogP contribution in [0.3, 0.4) is 0 Å². The van der Waals surface area contributed by atoms with E-state index in [1.165, 1.54) is 12.3 Å². The summed E-state index contributed by atoms with van der Waals surface area (Å²) in [6.45, 7) is 0. The highest BCUT2D eigenvalue weighted by atomic mass is 19.4. The van der Waals surface area contributed by atoms with E-state index in [2.05, 4.69) is 35.5 Å². The maximum Gasteiger partial charge on any atom is 0.421 e. The average Bonchev–Trinajstić information content (AvgIpc) is 2.77. The Labute approximate surface area is 180 Å². The zero-order valence-electron chi connectivity index (χ0n) is 16.4. The number of nitrogens with one attached hydrogen (secondary N) is 1. The smallest absolute Gasteiger partial charge is 0.421 e. The summed E-state index contributed by atoms with van der Waals surface area (Å²) in [5.41, 5.74) is -2.46. The summed E-state index contributed by atoms with van der Waals surface area (Å²) in [6.07, 6.45) is -6.07. The van der Waals surface area contributed by atoms with E-state index in [0.29, 0.717) is 0 Å². The Hall–Kier alpha value is -4.10. The van der Waals surface area contributed by atoms with E-state index in [-0.39, 0.29) is 28.4 Å². The molecule has 0 radical (unpaired) electrons. The van der Waals surface area contributed by atoms with Gasteiger partial charge in [-0.2, -0.15) is 36.4 Å². The topological polar surface area (TPSA) is 98.6 Å². The molecular formula is C19H11F6N7O. The summed E-state index contributed by atoms with van der Waals surface area (Å²) < 4.78 is 83.7. The van der Waals surface area contributed by atoms with E-state index < -0.39 is 35.1 Å². The molecule has 0 aromatic carbocycles. The maximum absolute atomic E-state index is 13.3. The van der Waals surface area contributed by atoms with Gasteiger partial charge in [0.1, 0.15) is 28.3 Å². The third-order valence-corrected chi connectivity index (χ3v) is 4.34. The number of pyridine rings is 2. The van der Waals surface area contributed by atoms with Gasteiger partial charge >= 0.3 is 12.4 Å². The lowest BCUT2D eigenvalue weighted by molar-refractivity contribution is -0.139. The lowest BCUT2D eigenvalue weighted by Gasteiger charge is -2.14. The van der Waals surface area contributed by atoms with Gasteiger partial charge in [0, 0.05) is 6.20 Å². The van der Waals surface area contributed by atoms with Crippen molar-refractivity contribution in [2.75, 3.05) is 12.4 Å². The maximum atomic E-state index is 13.3. The molecule has 0 fully saturated rings. The van der Waals surface area contributed by atoms with Crippen LogP contribution in [0.2, 0.25) is 0 Å². The van der Waals surface area contributed by atoms with Crippen molar-refractivity contribution in [3.05, 3.63) is 54.0 Å². The standard InChI is InChI=1S/C19H11F6N7O/c1-33-17-10(19(23,24)25)2-3-13(31-17)29-11-5-6-26-16-15(11)27-8-12(30-16)14-9(18(20,21)22)4-7-28-32-14/h2-8H,1H3,(H,26,29,30,31). The average molecular weight is 467 g/mol. The summed E-state index contributed by atoms with van der Waals surface area (Å²) in [7, 11) is 1.05. The van der Waals surface area contributed by atoms with Gasteiger partial charge in [0.05, 0.1) is 30.8 Å². The van der Waals surface area contributed by atoms with Gasteiger partial charge in [-0.1, -0.05) is 0 Å². The fourth-order valence-corrected chi connectivity index (χ4v) is 2.90. The lowest BCUT2D eigenvalue weighted by Crippen LogP contribution is -2.10. The number of halogens is 6. The second kappa shape index (κ2) is 8.11. The molecule has 0 amide bonds. The highest BCUT2D eigenvalue weighted by Crippen LogP contribution is 2.37. The molecule has 0 atom stereocenters. The number of ether oxygens (including phenoxy) is 1. The van der Waals surface area contributed by atoms with Gasteiger partial charge in [-0.15, -0.1) is 5.10 Å². The first-order chi connectivity index (χ1) is 15.6. The minimum absolute atomic E-state index is 0.00603. The van der Waals surface area contributed by atoms with Crippen LogP contribution in [0, 0.1) is 0 Å². The Balaban J connectivity index is 1.73. The van der Waals surface area contributed by atoms with Crippen LogP contribution in [-0.4, -0.2) is 37.2 Å². The number of hydrogen-bond donors (Lipinski definition) is 1. The molecule has 0 aliphatic heterocycles. The normalized spacial score (nSPS) is 12.1. The van der Waals surface area contributed by atoms with Gasteiger partial charge in [0.25, 0.3) is 0 Å². The van der Waals surface area contributed by atoms with Crippen LogP contribution in [0.1, 0.15) is 11.1 Å². The second-order valence-corrected chi connectivity index (χ2v) is 6.45. The van der Waals surface area contributed by atoms with E-state index in [1.807, 2.05) is 0 Å². The third-order valence-electron chi connectivity index (χ3n) is 4.34. The van der Waals surface area contributed by atoms with Crippen molar-refractivity contribution in [1.29, 1.82) is 0 Å². The van der Waals surface area contributed by atoms with Gasteiger partial charge in [-0.05, 0) is 24.3 Å². The molecule has 8 nitrogen and oxygen atoms in total. The van der Waals surface area contributed by atoms with Crippen molar-refractivity contribution in [3.8, 4) is 17.3 Å². The van der Waals surface area contributed by atoms with Gasteiger partial charge < -0.3 is 10.1 Å². The summed E-state index contributed by atoms with van der Waals surface area (Å²) in [5.74, 6) is -0.631. The van der Waals surface area contributed by atoms with E-state index in [9.17, 15) is 26.3 Å².